The van der Waals surface area contributed by atoms with Crippen molar-refractivity contribution < 1.29 is 0 Å². The van der Waals surface area contributed by atoms with E-state index in [1.807, 2.05) is 6.08 Å². The number of rotatable bonds is 3. The molecule has 0 N–H and O–H groups in total. The van der Waals surface area contributed by atoms with E-state index in [1.54, 1.807) is 0 Å². The molecule has 0 aliphatic rings. The van der Waals surface area contributed by atoms with Gasteiger partial charge >= 0.3 is 0 Å². The van der Waals surface area contributed by atoms with Crippen molar-refractivity contribution in [2.45, 2.75) is 52.4 Å². The first kappa shape index (κ1) is 13.0. The molecule has 0 heteroatoms. The Bertz CT molecular complexity index is 366. The second kappa shape index (κ2) is 4.86. The van der Waals surface area contributed by atoms with Crippen LogP contribution in [0.2, 0.25) is 0 Å². The highest BCUT2D eigenvalue weighted by Crippen LogP contribution is 2.29. The van der Waals surface area contributed by atoms with Crippen molar-refractivity contribution in [2.75, 3.05) is 0 Å². The molecule has 0 nitrogen and oxygen atoms in total. The van der Waals surface area contributed by atoms with Gasteiger partial charge in [-0.15, -0.1) is 6.58 Å². The van der Waals surface area contributed by atoms with Crippen LogP contribution >= 0.6 is 0 Å². The molecule has 1 unspecified atom stereocenters. The summed E-state index contributed by atoms with van der Waals surface area (Å²) in [6.07, 6.45) is 3.05. The zero-order valence-electron chi connectivity index (χ0n) is 11.3. The van der Waals surface area contributed by atoms with Gasteiger partial charge in [-0.25, -0.2) is 0 Å². The summed E-state index contributed by atoms with van der Waals surface area (Å²) in [5.41, 5.74) is 4.51. The van der Waals surface area contributed by atoms with Gasteiger partial charge in [0.1, 0.15) is 0 Å². The molecule has 1 aromatic carbocycles. The van der Waals surface area contributed by atoms with Gasteiger partial charge in [-0.1, -0.05) is 52.0 Å². The average molecular weight is 216 g/mol. The molecule has 1 rings (SSSR count). The fourth-order valence-corrected chi connectivity index (χ4v) is 2.14. The third-order valence-electron chi connectivity index (χ3n) is 3.16. The molecule has 88 valence electrons. The third kappa shape index (κ3) is 2.98. The molecule has 0 heterocycles. The van der Waals surface area contributed by atoms with Gasteiger partial charge in [0.2, 0.25) is 0 Å². The SMILES string of the molecule is C=CCC(C)c1ccc(C)c(C(C)(C)C)c1. The van der Waals surface area contributed by atoms with Crippen LogP contribution in [-0.2, 0) is 5.41 Å². The van der Waals surface area contributed by atoms with Gasteiger partial charge in [0.15, 0.2) is 0 Å². The number of aryl methyl sites for hydroxylation is 1. The smallest absolute Gasteiger partial charge is 0.0129 e. The minimum Gasteiger partial charge on any atom is -0.103 e. The molecule has 0 aliphatic carbocycles. The van der Waals surface area contributed by atoms with Crippen LogP contribution in [0.5, 0.6) is 0 Å². The molecule has 1 aromatic rings. The molecule has 0 saturated heterocycles. The number of hydrogen-bond donors (Lipinski definition) is 0. The Hall–Kier alpha value is -1.04. The van der Waals surface area contributed by atoms with E-state index in [4.69, 9.17) is 0 Å². The molecule has 16 heavy (non-hydrogen) atoms. The minimum absolute atomic E-state index is 0.230. The highest BCUT2D eigenvalue weighted by molar-refractivity contribution is 5.37. The van der Waals surface area contributed by atoms with Crippen molar-refractivity contribution in [3.8, 4) is 0 Å². The van der Waals surface area contributed by atoms with E-state index in [0.717, 1.165) is 6.42 Å². The van der Waals surface area contributed by atoms with Crippen molar-refractivity contribution in [2.24, 2.45) is 0 Å². The Morgan fingerprint density at radius 3 is 2.44 bits per heavy atom. The highest BCUT2D eigenvalue weighted by atomic mass is 14.2. The Labute approximate surface area is 100 Å². The highest BCUT2D eigenvalue weighted by Gasteiger charge is 2.17. The van der Waals surface area contributed by atoms with Crippen LogP contribution in [0, 0.1) is 6.92 Å². The molecular formula is C16H24. The minimum atomic E-state index is 0.230. The molecule has 0 bridgehead atoms. The fraction of sp³-hybridized carbons (Fsp3) is 0.500. The largest absolute Gasteiger partial charge is 0.103 e. The van der Waals surface area contributed by atoms with Gasteiger partial charge in [0, 0.05) is 0 Å². The third-order valence-corrected chi connectivity index (χ3v) is 3.16. The second-order valence-electron chi connectivity index (χ2n) is 5.75. The first-order valence-corrected chi connectivity index (χ1v) is 6.08. The topological polar surface area (TPSA) is 0 Å². The monoisotopic (exact) mass is 216 g/mol. The van der Waals surface area contributed by atoms with Crippen LogP contribution in [-0.4, -0.2) is 0 Å². The first-order chi connectivity index (χ1) is 7.36. The standard InChI is InChI=1S/C16H24/c1-7-8-12(2)14-10-9-13(3)15(11-14)16(4,5)6/h7,9-12H,1,8H2,2-6H3. The van der Waals surface area contributed by atoms with Crippen LogP contribution < -0.4 is 0 Å². The molecule has 0 saturated carbocycles. The van der Waals surface area contributed by atoms with Crippen LogP contribution in [0.3, 0.4) is 0 Å². The number of allylic oxidation sites excluding steroid dienone is 1. The van der Waals surface area contributed by atoms with Gasteiger partial charge < -0.3 is 0 Å². The lowest BCUT2D eigenvalue weighted by Gasteiger charge is -2.23. The summed E-state index contributed by atoms with van der Waals surface area (Å²) in [7, 11) is 0. The van der Waals surface area contributed by atoms with Gasteiger partial charge in [-0.05, 0) is 41.4 Å². The zero-order valence-corrected chi connectivity index (χ0v) is 11.3. The molecule has 0 aliphatic heterocycles. The van der Waals surface area contributed by atoms with E-state index in [0.29, 0.717) is 5.92 Å². The lowest BCUT2D eigenvalue weighted by atomic mass is 9.81. The van der Waals surface area contributed by atoms with Crippen molar-refractivity contribution >= 4 is 0 Å². The van der Waals surface area contributed by atoms with E-state index in [2.05, 4.69) is 59.4 Å². The van der Waals surface area contributed by atoms with Crippen molar-refractivity contribution in [1.29, 1.82) is 0 Å². The molecule has 1 atom stereocenters. The first-order valence-electron chi connectivity index (χ1n) is 6.08. The van der Waals surface area contributed by atoms with E-state index in [1.165, 1.54) is 16.7 Å². The quantitative estimate of drug-likeness (QED) is 0.626. The fourth-order valence-electron chi connectivity index (χ4n) is 2.14. The molecule has 0 fully saturated rings. The van der Waals surface area contributed by atoms with Gasteiger partial charge in [-0.3, -0.25) is 0 Å². The van der Waals surface area contributed by atoms with E-state index >= 15 is 0 Å². The predicted octanol–water partition coefficient (Wildman–Crippen LogP) is 4.97. The normalized spacial score (nSPS) is 13.6. The van der Waals surface area contributed by atoms with Crippen LogP contribution in [0.25, 0.3) is 0 Å². The summed E-state index contributed by atoms with van der Waals surface area (Å²) in [5, 5.41) is 0. The lowest BCUT2D eigenvalue weighted by Crippen LogP contribution is -2.13. The van der Waals surface area contributed by atoms with Gasteiger partial charge in [0.05, 0.1) is 0 Å². The van der Waals surface area contributed by atoms with Crippen LogP contribution in [0.1, 0.15) is 56.7 Å². The predicted molar refractivity (Wildman–Crippen MR) is 73.1 cm³/mol. The molecule has 0 radical (unpaired) electrons. The van der Waals surface area contributed by atoms with E-state index in [9.17, 15) is 0 Å². The Balaban J connectivity index is 3.12. The maximum atomic E-state index is 3.81. The molecular weight excluding hydrogens is 192 g/mol. The van der Waals surface area contributed by atoms with Crippen LogP contribution in [0.15, 0.2) is 30.9 Å². The number of hydrogen-bond acceptors (Lipinski definition) is 0. The maximum absolute atomic E-state index is 3.81. The Morgan fingerprint density at radius 2 is 1.94 bits per heavy atom. The van der Waals surface area contributed by atoms with Crippen LogP contribution in [0.4, 0.5) is 0 Å². The summed E-state index contributed by atoms with van der Waals surface area (Å²) < 4.78 is 0. The maximum Gasteiger partial charge on any atom is -0.0129 e. The average Bonchev–Trinajstić information content (AvgIpc) is 2.16. The van der Waals surface area contributed by atoms with Crippen molar-refractivity contribution in [3.63, 3.8) is 0 Å². The van der Waals surface area contributed by atoms with E-state index < -0.39 is 0 Å². The summed E-state index contributed by atoms with van der Waals surface area (Å²) in [6, 6.07) is 6.86. The second-order valence-corrected chi connectivity index (χ2v) is 5.75. The summed E-state index contributed by atoms with van der Waals surface area (Å²) >= 11 is 0. The Kier molecular flexibility index (Phi) is 3.96. The lowest BCUT2D eigenvalue weighted by molar-refractivity contribution is 0.584. The van der Waals surface area contributed by atoms with Gasteiger partial charge in [0.25, 0.3) is 0 Å². The summed E-state index contributed by atoms with van der Waals surface area (Å²) in [6.45, 7) is 15.1. The van der Waals surface area contributed by atoms with Crippen molar-refractivity contribution in [1.82, 2.24) is 0 Å². The zero-order chi connectivity index (χ0) is 12.3. The summed E-state index contributed by atoms with van der Waals surface area (Å²) in [4.78, 5) is 0. The van der Waals surface area contributed by atoms with E-state index in [-0.39, 0.29) is 5.41 Å². The van der Waals surface area contributed by atoms with Crippen molar-refractivity contribution in [3.05, 3.63) is 47.5 Å². The molecule has 0 aromatic heterocycles. The Morgan fingerprint density at radius 1 is 1.31 bits per heavy atom. The number of benzene rings is 1. The molecule has 0 spiro atoms. The summed E-state index contributed by atoms with van der Waals surface area (Å²) in [5.74, 6) is 0.569. The van der Waals surface area contributed by atoms with Gasteiger partial charge in [-0.2, -0.15) is 0 Å². The molecule has 0 amide bonds.